The van der Waals surface area contributed by atoms with Gasteiger partial charge in [0.05, 0.1) is 25.3 Å². The molecule has 0 saturated heterocycles. The highest BCUT2D eigenvalue weighted by atomic mass is 35.5. The van der Waals surface area contributed by atoms with E-state index in [1.54, 1.807) is 19.2 Å². The van der Waals surface area contributed by atoms with E-state index < -0.39 is 0 Å². The van der Waals surface area contributed by atoms with E-state index in [1.807, 2.05) is 38.1 Å². The van der Waals surface area contributed by atoms with E-state index in [4.69, 9.17) is 25.8 Å². The van der Waals surface area contributed by atoms with Crippen LogP contribution >= 0.6 is 11.6 Å². The van der Waals surface area contributed by atoms with Crippen LogP contribution in [0.25, 0.3) is 0 Å². The Morgan fingerprint density at radius 1 is 1.12 bits per heavy atom. The maximum Gasteiger partial charge on any atom is 0.251 e. The van der Waals surface area contributed by atoms with Crippen LogP contribution in [0.2, 0.25) is 5.02 Å². The van der Waals surface area contributed by atoms with Gasteiger partial charge < -0.3 is 19.5 Å². The topological polar surface area (TPSA) is 56.8 Å². The molecule has 0 atom stereocenters. The summed E-state index contributed by atoms with van der Waals surface area (Å²) in [4.78, 5) is 12.5. The summed E-state index contributed by atoms with van der Waals surface area (Å²) in [5.41, 5.74) is 1.40. The number of nitrogens with one attached hydrogen (secondary N) is 1. The molecule has 140 valence electrons. The first kappa shape index (κ1) is 19.9. The number of amides is 1. The van der Waals surface area contributed by atoms with Gasteiger partial charge in [0, 0.05) is 12.1 Å². The maximum atomic E-state index is 12.5. The Balaban J connectivity index is 2.11. The number of rotatable bonds is 9. The van der Waals surface area contributed by atoms with Gasteiger partial charge in [0.15, 0.2) is 11.5 Å². The van der Waals surface area contributed by atoms with Crippen molar-refractivity contribution in [3.63, 3.8) is 0 Å². The van der Waals surface area contributed by atoms with E-state index in [9.17, 15) is 4.79 Å². The number of hydrogen-bond acceptors (Lipinski definition) is 4. The Hall–Kier alpha value is -2.40. The van der Waals surface area contributed by atoms with Crippen molar-refractivity contribution in [2.24, 2.45) is 0 Å². The number of carbonyl (C=O) groups is 1. The molecule has 0 unspecified atom stereocenters. The number of carbonyl (C=O) groups excluding carboxylic acids is 1. The van der Waals surface area contributed by atoms with Crippen LogP contribution in [0.5, 0.6) is 17.2 Å². The van der Waals surface area contributed by atoms with Gasteiger partial charge in [-0.1, -0.05) is 30.7 Å². The zero-order chi connectivity index (χ0) is 18.9. The zero-order valence-corrected chi connectivity index (χ0v) is 16.1. The first-order valence-electron chi connectivity index (χ1n) is 8.59. The molecule has 0 aliphatic heterocycles. The van der Waals surface area contributed by atoms with Crippen molar-refractivity contribution < 1.29 is 19.0 Å². The molecule has 1 amide bonds. The third-order valence-corrected chi connectivity index (χ3v) is 3.91. The molecule has 0 aromatic heterocycles. The van der Waals surface area contributed by atoms with Gasteiger partial charge >= 0.3 is 0 Å². The van der Waals surface area contributed by atoms with Crippen molar-refractivity contribution in [2.45, 2.75) is 26.8 Å². The third kappa shape index (κ3) is 5.30. The number of hydrogen-bond donors (Lipinski definition) is 1. The zero-order valence-electron chi connectivity index (χ0n) is 15.3. The molecule has 2 rings (SSSR count). The summed E-state index contributed by atoms with van der Waals surface area (Å²) >= 11 is 6.30. The average Bonchev–Trinajstić information content (AvgIpc) is 2.66. The highest BCUT2D eigenvalue weighted by molar-refractivity contribution is 6.32. The second kappa shape index (κ2) is 9.92. The minimum Gasteiger partial charge on any atom is -0.497 e. The van der Waals surface area contributed by atoms with E-state index >= 15 is 0 Å². The molecule has 0 spiro atoms. The number of halogens is 1. The molecule has 1 N–H and O–H groups in total. The van der Waals surface area contributed by atoms with Gasteiger partial charge in [0.2, 0.25) is 0 Å². The van der Waals surface area contributed by atoms with E-state index in [1.165, 1.54) is 0 Å². The van der Waals surface area contributed by atoms with E-state index in [0.29, 0.717) is 41.8 Å². The number of methoxy groups -OCH3 is 1. The minimum absolute atomic E-state index is 0.231. The lowest BCUT2D eigenvalue weighted by Crippen LogP contribution is -2.23. The van der Waals surface area contributed by atoms with Crippen molar-refractivity contribution in [3.05, 3.63) is 52.5 Å². The van der Waals surface area contributed by atoms with Gasteiger partial charge in [-0.3, -0.25) is 4.79 Å². The second-order valence-electron chi connectivity index (χ2n) is 5.60. The Bertz CT molecular complexity index is 731. The third-order valence-electron chi connectivity index (χ3n) is 3.63. The molecular weight excluding hydrogens is 354 g/mol. The summed E-state index contributed by atoms with van der Waals surface area (Å²) in [5, 5.41) is 3.24. The SMILES string of the molecule is CCCOc1c(Cl)cc(C(=O)NCc2ccc(OC)cc2)cc1OCC. The number of ether oxygens (including phenoxy) is 3. The standard InChI is InChI=1S/C20H24ClNO4/c1-4-10-26-19-17(21)11-15(12-18(19)25-5-2)20(23)22-13-14-6-8-16(24-3)9-7-14/h6-9,11-12H,4-5,10,13H2,1-3H3,(H,22,23). The van der Waals surface area contributed by atoms with Crippen LogP contribution in [-0.2, 0) is 6.54 Å². The van der Waals surface area contributed by atoms with Gasteiger partial charge in [-0.15, -0.1) is 0 Å². The first-order valence-corrected chi connectivity index (χ1v) is 8.97. The monoisotopic (exact) mass is 377 g/mol. The van der Waals surface area contributed by atoms with Crippen LogP contribution in [-0.4, -0.2) is 26.2 Å². The summed E-state index contributed by atoms with van der Waals surface area (Å²) in [6.07, 6.45) is 0.853. The number of benzene rings is 2. The molecular formula is C20H24ClNO4. The smallest absolute Gasteiger partial charge is 0.251 e. The normalized spacial score (nSPS) is 10.3. The van der Waals surface area contributed by atoms with Crippen LogP contribution in [0.3, 0.4) is 0 Å². The molecule has 0 aliphatic rings. The van der Waals surface area contributed by atoms with Crippen LogP contribution in [0, 0.1) is 0 Å². The molecule has 5 nitrogen and oxygen atoms in total. The first-order chi connectivity index (χ1) is 12.6. The summed E-state index contributed by atoms with van der Waals surface area (Å²) in [6.45, 7) is 5.26. The molecule has 0 bridgehead atoms. The molecule has 2 aromatic carbocycles. The maximum absolute atomic E-state index is 12.5. The van der Waals surface area contributed by atoms with Gasteiger partial charge in [-0.2, -0.15) is 0 Å². The molecule has 0 fully saturated rings. The molecule has 6 heteroatoms. The fourth-order valence-electron chi connectivity index (χ4n) is 2.33. The molecule has 26 heavy (non-hydrogen) atoms. The summed E-state index contributed by atoms with van der Waals surface area (Å²) in [7, 11) is 1.62. The van der Waals surface area contributed by atoms with Crippen LogP contribution in [0.15, 0.2) is 36.4 Å². The second-order valence-corrected chi connectivity index (χ2v) is 6.00. The summed E-state index contributed by atoms with van der Waals surface area (Å²) in [6, 6.07) is 10.8. The van der Waals surface area contributed by atoms with Crippen LogP contribution in [0.1, 0.15) is 36.2 Å². The highest BCUT2D eigenvalue weighted by Gasteiger charge is 2.16. The van der Waals surface area contributed by atoms with Crippen molar-refractivity contribution >= 4 is 17.5 Å². The Kier molecular flexibility index (Phi) is 7.60. The Labute approximate surface area is 159 Å². The molecule has 0 aliphatic carbocycles. The fraction of sp³-hybridized carbons (Fsp3) is 0.350. The summed E-state index contributed by atoms with van der Waals surface area (Å²) in [5.74, 6) is 1.49. The summed E-state index contributed by atoms with van der Waals surface area (Å²) < 4.78 is 16.4. The Morgan fingerprint density at radius 3 is 2.46 bits per heavy atom. The van der Waals surface area contributed by atoms with E-state index in [2.05, 4.69) is 5.32 Å². The molecule has 0 saturated carbocycles. The van der Waals surface area contributed by atoms with E-state index in [-0.39, 0.29) is 5.91 Å². The predicted molar refractivity (Wildman–Crippen MR) is 103 cm³/mol. The molecule has 0 radical (unpaired) electrons. The van der Waals surface area contributed by atoms with Crippen molar-refractivity contribution in [2.75, 3.05) is 20.3 Å². The predicted octanol–water partition coefficient (Wildman–Crippen LogP) is 4.47. The average molecular weight is 378 g/mol. The molecule has 2 aromatic rings. The van der Waals surface area contributed by atoms with Crippen molar-refractivity contribution in [1.82, 2.24) is 5.32 Å². The lowest BCUT2D eigenvalue weighted by atomic mass is 10.1. The minimum atomic E-state index is -0.231. The fourth-order valence-corrected chi connectivity index (χ4v) is 2.60. The lowest BCUT2D eigenvalue weighted by molar-refractivity contribution is 0.0950. The Morgan fingerprint density at radius 2 is 1.85 bits per heavy atom. The van der Waals surface area contributed by atoms with Gasteiger partial charge in [0.25, 0.3) is 5.91 Å². The van der Waals surface area contributed by atoms with Crippen LogP contribution in [0.4, 0.5) is 0 Å². The largest absolute Gasteiger partial charge is 0.497 e. The van der Waals surface area contributed by atoms with Gasteiger partial charge in [-0.05, 0) is 43.2 Å². The van der Waals surface area contributed by atoms with Gasteiger partial charge in [0.1, 0.15) is 5.75 Å². The highest BCUT2D eigenvalue weighted by Crippen LogP contribution is 2.36. The van der Waals surface area contributed by atoms with Crippen molar-refractivity contribution in [3.8, 4) is 17.2 Å². The molecule has 0 heterocycles. The quantitative estimate of drug-likeness (QED) is 0.700. The van der Waals surface area contributed by atoms with Crippen LogP contribution < -0.4 is 19.5 Å². The van der Waals surface area contributed by atoms with E-state index in [0.717, 1.165) is 17.7 Å². The van der Waals surface area contributed by atoms with Gasteiger partial charge in [-0.25, -0.2) is 0 Å². The van der Waals surface area contributed by atoms with Crippen molar-refractivity contribution in [1.29, 1.82) is 0 Å². The lowest BCUT2D eigenvalue weighted by Gasteiger charge is -2.15.